The largest absolute Gasteiger partial charge is 0.481 e. The van der Waals surface area contributed by atoms with Gasteiger partial charge in [-0.05, 0) is 17.7 Å². The van der Waals surface area contributed by atoms with Gasteiger partial charge in [0.2, 0.25) is 0 Å². The van der Waals surface area contributed by atoms with Gasteiger partial charge in [-0.25, -0.2) is 0 Å². The van der Waals surface area contributed by atoms with Gasteiger partial charge in [-0.1, -0.05) is 11.6 Å². The summed E-state index contributed by atoms with van der Waals surface area (Å²) in [6, 6.07) is 0.124. The highest BCUT2D eigenvalue weighted by Gasteiger charge is 2.39. The molecule has 1 N–H and O–H groups in total. The van der Waals surface area contributed by atoms with E-state index in [1.54, 1.807) is 0 Å². The molecule has 0 spiro atoms. The third-order valence-corrected chi connectivity index (χ3v) is 2.49. The Morgan fingerprint density at radius 2 is 1.63 bits per heavy atom. The van der Waals surface area contributed by atoms with Crippen molar-refractivity contribution in [2.45, 2.75) is 18.8 Å². The first kappa shape index (κ1) is 15.6. The standard InChI is InChI=1S/C10H5ClF6O2/c11-7-2-4(9(12,13)14)1-6(10(15,16)17)5(7)3-8(18)19/h1-2H,3H2,(H,18,19). The van der Waals surface area contributed by atoms with Crippen LogP contribution >= 0.6 is 11.6 Å². The van der Waals surface area contributed by atoms with Crippen molar-refractivity contribution in [1.29, 1.82) is 0 Å². The molecular weight excluding hydrogens is 302 g/mol. The Balaban J connectivity index is 3.52. The van der Waals surface area contributed by atoms with Crippen LogP contribution in [0.3, 0.4) is 0 Å². The van der Waals surface area contributed by atoms with Gasteiger partial charge in [0.25, 0.3) is 0 Å². The third-order valence-electron chi connectivity index (χ3n) is 2.16. The minimum absolute atomic E-state index is 0.149. The topological polar surface area (TPSA) is 37.3 Å². The molecule has 0 saturated carbocycles. The first-order valence-electron chi connectivity index (χ1n) is 4.61. The Morgan fingerprint density at radius 1 is 1.11 bits per heavy atom. The maximum absolute atomic E-state index is 12.6. The van der Waals surface area contributed by atoms with Crippen LogP contribution in [-0.2, 0) is 23.6 Å². The number of carboxylic acid groups (broad SMARTS) is 1. The van der Waals surface area contributed by atoms with Gasteiger partial charge in [-0.3, -0.25) is 4.79 Å². The number of rotatable bonds is 2. The van der Waals surface area contributed by atoms with E-state index in [1.807, 2.05) is 0 Å². The molecule has 0 atom stereocenters. The summed E-state index contributed by atoms with van der Waals surface area (Å²) in [5, 5.41) is 7.58. The minimum Gasteiger partial charge on any atom is -0.481 e. The molecule has 0 radical (unpaired) electrons. The average molecular weight is 307 g/mol. The average Bonchev–Trinajstić information content (AvgIpc) is 2.16. The van der Waals surface area contributed by atoms with Gasteiger partial charge in [0.05, 0.1) is 17.5 Å². The summed E-state index contributed by atoms with van der Waals surface area (Å²) in [6.07, 6.45) is -11.3. The van der Waals surface area contributed by atoms with Crippen molar-refractivity contribution < 1.29 is 36.2 Å². The van der Waals surface area contributed by atoms with Crippen LogP contribution in [0.25, 0.3) is 0 Å². The fraction of sp³-hybridized carbons (Fsp3) is 0.300. The SMILES string of the molecule is O=C(O)Cc1c(Cl)cc(C(F)(F)F)cc1C(F)(F)F. The molecule has 0 heterocycles. The van der Waals surface area contributed by atoms with E-state index >= 15 is 0 Å². The second kappa shape index (κ2) is 4.92. The number of benzene rings is 1. The Morgan fingerprint density at radius 3 is 2.00 bits per heavy atom. The Kier molecular flexibility index (Phi) is 4.04. The van der Waals surface area contributed by atoms with E-state index in [-0.39, 0.29) is 12.1 Å². The lowest BCUT2D eigenvalue weighted by atomic mass is 10.0. The van der Waals surface area contributed by atoms with Crippen molar-refractivity contribution >= 4 is 17.6 Å². The summed E-state index contributed by atoms with van der Waals surface area (Å²) in [6.45, 7) is 0. The van der Waals surface area contributed by atoms with E-state index in [2.05, 4.69) is 0 Å². The van der Waals surface area contributed by atoms with Gasteiger partial charge in [0, 0.05) is 5.02 Å². The Bertz CT molecular complexity index is 506. The van der Waals surface area contributed by atoms with Crippen molar-refractivity contribution in [2.75, 3.05) is 0 Å². The molecule has 2 nitrogen and oxygen atoms in total. The van der Waals surface area contributed by atoms with Crippen molar-refractivity contribution in [3.63, 3.8) is 0 Å². The van der Waals surface area contributed by atoms with Crippen LogP contribution in [0, 0.1) is 0 Å². The maximum Gasteiger partial charge on any atom is 0.416 e. The summed E-state index contributed by atoms with van der Waals surface area (Å²) in [5.41, 5.74) is -4.18. The Hall–Kier alpha value is -1.44. The molecule has 0 unspecified atom stereocenters. The molecule has 19 heavy (non-hydrogen) atoms. The normalized spacial score (nSPS) is 12.6. The minimum atomic E-state index is -5.13. The van der Waals surface area contributed by atoms with Gasteiger partial charge >= 0.3 is 18.3 Å². The second-order valence-electron chi connectivity index (χ2n) is 3.55. The molecule has 1 rings (SSSR count). The van der Waals surface area contributed by atoms with E-state index in [1.165, 1.54) is 0 Å². The van der Waals surface area contributed by atoms with E-state index in [0.717, 1.165) is 0 Å². The number of hydrogen-bond acceptors (Lipinski definition) is 1. The molecule has 106 valence electrons. The predicted octanol–water partition coefficient (Wildman–Crippen LogP) is 4.00. The summed E-state index contributed by atoms with van der Waals surface area (Å²) in [4.78, 5) is 10.4. The van der Waals surface area contributed by atoms with Crippen molar-refractivity contribution in [3.05, 3.63) is 33.8 Å². The molecule has 0 aliphatic heterocycles. The van der Waals surface area contributed by atoms with Gasteiger partial charge in [0.1, 0.15) is 0 Å². The molecule has 0 aliphatic carbocycles. The molecule has 1 aromatic carbocycles. The number of alkyl halides is 6. The zero-order valence-electron chi connectivity index (χ0n) is 8.86. The van der Waals surface area contributed by atoms with Crippen LogP contribution in [0.2, 0.25) is 5.02 Å². The molecule has 0 aliphatic rings. The molecular formula is C10H5ClF6O2. The second-order valence-corrected chi connectivity index (χ2v) is 3.96. The first-order chi connectivity index (χ1) is 8.43. The van der Waals surface area contributed by atoms with Gasteiger partial charge in [-0.2, -0.15) is 26.3 Å². The van der Waals surface area contributed by atoms with Crippen LogP contribution in [-0.4, -0.2) is 11.1 Å². The number of aliphatic carboxylic acids is 1. The molecule has 0 saturated heterocycles. The summed E-state index contributed by atoms with van der Waals surface area (Å²) in [7, 11) is 0. The fourth-order valence-corrected chi connectivity index (χ4v) is 1.67. The lowest BCUT2D eigenvalue weighted by Crippen LogP contribution is -2.16. The van der Waals surface area contributed by atoms with E-state index in [0.29, 0.717) is 0 Å². The van der Waals surface area contributed by atoms with Gasteiger partial charge in [-0.15, -0.1) is 0 Å². The molecule has 0 amide bonds. The zero-order valence-corrected chi connectivity index (χ0v) is 9.62. The summed E-state index contributed by atoms with van der Waals surface area (Å²) < 4.78 is 75.0. The maximum atomic E-state index is 12.6. The highest BCUT2D eigenvalue weighted by molar-refractivity contribution is 6.31. The fourth-order valence-electron chi connectivity index (χ4n) is 1.38. The smallest absolute Gasteiger partial charge is 0.416 e. The van der Waals surface area contributed by atoms with Crippen molar-refractivity contribution in [2.24, 2.45) is 0 Å². The summed E-state index contributed by atoms with van der Waals surface area (Å²) in [5.74, 6) is -1.63. The van der Waals surface area contributed by atoms with E-state index in [4.69, 9.17) is 16.7 Å². The lowest BCUT2D eigenvalue weighted by molar-refractivity contribution is -0.143. The van der Waals surface area contributed by atoms with Crippen molar-refractivity contribution in [1.82, 2.24) is 0 Å². The zero-order chi connectivity index (χ0) is 15.0. The van der Waals surface area contributed by atoms with Crippen LogP contribution in [0.4, 0.5) is 26.3 Å². The third kappa shape index (κ3) is 3.76. The lowest BCUT2D eigenvalue weighted by Gasteiger charge is -2.16. The molecule has 9 heteroatoms. The highest BCUT2D eigenvalue weighted by Crippen LogP contribution is 2.40. The van der Waals surface area contributed by atoms with Gasteiger partial charge < -0.3 is 5.11 Å². The number of carboxylic acids is 1. The molecule has 1 aromatic rings. The van der Waals surface area contributed by atoms with Crippen LogP contribution in [0.5, 0.6) is 0 Å². The Labute approximate surface area is 107 Å². The van der Waals surface area contributed by atoms with Crippen LogP contribution in [0.1, 0.15) is 16.7 Å². The monoisotopic (exact) mass is 306 g/mol. The van der Waals surface area contributed by atoms with E-state index in [9.17, 15) is 31.1 Å². The van der Waals surface area contributed by atoms with Crippen LogP contribution in [0.15, 0.2) is 12.1 Å². The molecule has 0 fully saturated rings. The van der Waals surface area contributed by atoms with Crippen molar-refractivity contribution in [3.8, 4) is 0 Å². The number of halogens is 7. The summed E-state index contributed by atoms with van der Waals surface area (Å²) >= 11 is 5.33. The first-order valence-corrected chi connectivity index (χ1v) is 4.99. The molecule has 0 bridgehead atoms. The van der Waals surface area contributed by atoms with Gasteiger partial charge in [0.15, 0.2) is 0 Å². The van der Waals surface area contributed by atoms with Crippen LogP contribution < -0.4 is 0 Å². The predicted molar refractivity (Wildman–Crippen MR) is 52.8 cm³/mol. The number of hydrogen-bond donors (Lipinski definition) is 1. The highest BCUT2D eigenvalue weighted by atomic mass is 35.5. The van der Waals surface area contributed by atoms with E-state index < -0.39 is 46.5 Å². The number of carbonyl (C=O) groups is 1. The molecule has 0 aromatic heterocycles. The quantitative estimate of drug-likeness (QED) is 0.838.